The van der Waals surface area contributed by atoms with Crippen LogP contribution in [-0.2, 0) is 0 Å². The molecule has 3 rings (SSSR count). The number of amides is 1. The SMILES string of the molecule is CCCOc1cc(F)c(Nc2ncnc(OC3CCN(C(=O)O)CC3)c2C)cc1F. The van der Waals surface area contributed by atoms with Gasteiger partial charge in [0, 0.05) is 38.1 Å². The zero-order chi connectivity index (χ0) is 21.7. The molecule has 8 nitrogen and oxygen atoms in total. The number of likely N-dealkylation sites (tertiary alicyclic amines) is 1. The van der Waals surface area contributed by atoms with E-state index in [0.29, 0.717) is 50.4 Å². The second-order valence-electron chi connectivity index (χ2n) is 6.98. The maximum Gasteiger partial charge on any atom is 0.407 e. The van der Waals surface area contributed by atoms with E-state index in [0.717, 1.165) is 12.1 Å². The molecule has 2 aromatic rings. The third kappa shape index (κ3) is 5.05. The van der Waals surface area contributed by atoms with Crippen molar-refractivity contribution < 1.29 is 28.2 Å². The van der Waals surface area contributed by atoms with Crippen LogP contribution in [0.3, 0.4) is 0 Å². The Morgan fingerprint density at radius 3 is 2.67 bits per heavy atom. The van der Waals surface area contributed by atoms with Crippen molar-refractivity contribution in [2.45, 2.75) is 39.2 Å². The maximum absolute atomic E-state index is 14.4. The van der Waals surface area contributed by atoms with Gasteiger partial charge in [0.25, 0.3) is 0 Å². The van der Waals surface area contributed by atoms with Gasteiger partial charge in [-0.05, 0) is 13.3 Å². The van der Waals surface area contributed by atoms with E-state index in [1.54, 1.807) is 6.92 Å². The van der Waals surface area contributed by atoms with E-state index in [1.807, 2.05) is 6.92 Å². The highest BCUT2D eigenvalue weighted by molar-refractivity contribution is 5.65. The van der Waals surface area contributed by atoms with Crippen LogP contribution < -0.4 is 14.8 Å². The standard InChI is InChI=1S/C20H24F2N4O4/c1-3-8-29-17-10-14(21)16(9-15(17)22)25-18-12(2)19(24-11-23-18)30-13-4-6-26(7-5-13)20(27)28/h9-11,13H,3-8H2,1-2H3,(H,27,28)(H,23,24,25). The molecule has 0 unspecified atom stereocenters. The van der Waals surface area contributed by atoms with Gasteiger partial charge in [0.05, 0.1) is 17.9 Å². The Hall–Kier alpha value is -3.17. The van der Waals surface area contributed by atoms with Crippen molar-refractivity contribution in [2.24, 2.45) is 0 Å². The van der Waals surface area contributed by atoms with Gasteiger partial charge in [-0.25, -0.2) is 23.5 Å². The number of carboxylic acid groups (broad SMARTS) is 1. The fourth-order valence-electron chi connectivity index (χ4n) is 3.08. The fraction of sp³-hybridized carbons (Fsp3) is 0.450. The number of anilines is 2. The lowest BCUT2D eigenvalue weighted by molar-refractivity contribution is 0.0866. The minimum Gasteiger partial charge on any atom is -0.490 e. The number of nitrogens with one attached hydrogen (secondary N) is 1. The van der Waals surface area contributed by atoms with Gasteiger partial charge in [-0.3, -0.25) is 0 Å². The van der Waals surface area contributed by atoms with Gasteiger partial charge >= 0.3 is 6.09 Å². The molecule has 0 radical (unpaired) electrons. The number of hydrogen-bond donors (Lipinski definition) is 2. The van der Waals surface area contributed by atoms with Gasteiger partial charge in [-0.1, -0.05) is 6.92 Å². The number of benzene rings is 1. The molecule has 1 aromatic carbocycles. The number of aromatic nitrogens is 2. The molecule has 1 aliphatic rings. The van der Waals surface area contributed by atoms with Gasteiger partial charge in [0.2, 0.25) is 5.88 Å². The summed E-state index contributed by atoms with van der Waals surface area (Å²) in [5.74, 6) is -0.908. The summed E-state index contributed by atoms with van der Waals surface area (Å²) in [5.41, 5.74) is 0.447. The van der Waals surface area contributed by atoms with Gasteiger partial charge in [-0.2, -0.15) is 0 Å². The molecule has 0 bridgehead atoms. The molecule has 2 heterocycles. The van der Waals surface area contributed by atoms with Crippen LogP contribution in [0.5, 0.6) is 11.6 Å². The van der Waals surface area contributed by atoms with Crippen LogP contribution in [0.25, 0.3) is 0 Å². The monoisotopic (exact) mass is 422 g/mol. The highest BCUT2D eigenvalue weighted by Gasteiger charge is 2.24. The summed E-state index contributed by atoms with van der Waals surface area (Å²) in [6.07, 6.45) is 1.89. The van der Waals surface area contributed by atoms with Gasteiger partial charge in [0.15, 0.2) is 17.4 Å². The normalized spacial score (nSPS) is 14.5. The molecular weight excluding hydrogens is 398 g/mol. The number of nitrogens with zero attached hydrogens (tertiary/aromatic N) is 3. The summed E-state index contributed by atoms with van der Waals surface area (Å²) < 4.78 is 39.7. The molecule has 1 saturated heterocycles. The summed E-state index contributed by atoms with van der Waals surface area (Å²) in [6, 6.07) is 2.02. The van der Waals surface area contributed by atoms with E-state index in [-0.39, 0.29) is 23.4 Å². The first-order valence-electron chi connectivity index (χ1n) is 9.74. The van der Waals surface area contributed by atoms with Crippen LogP contribution >= 0.6 is 0 Å². The first-order chi connectivity index (χ1) is 14.4. The van der Waals surface area contributed by atoms with E-state index < -0.39 is 17.7 Å². The van der Waals surface area contributed by atoms with Gasteiger partial charge < -0.3 is 24.8 Å². The van der Waals surface area contributed by atoms with Gasteiger partial charge in [0.1, 0.15) is 18.2 Å². The summed E-state index contributed by atoms with van der Waals surface area (Å²) >= 11 is 0. The zero-order valence-corrected chi connectivity index (χ0v) is 16.8. The van der Waals surface area contributed by atoms with E-state index in [2.05, 4.69) is 15.3 Å². The van der Waals surface area contributed by atoms with Crippen LogP contribution in [0.1, 0.15) is 31.7 Å². The Bertz CT molecular complexity index is 905. The summed E-state index contributed by atoms with van der Waals surface area (Å²) in [7, 11) is 0. The van der Waals surface area contributed by atoms with Crippen LogP contribution in [-0.4, -0.2) is 51.9 Å². The third-order valence-corrected chi connectivity index (χ3v) is 4.76. The van der Waals surface area contributed by atoms with Gasteiger partial charge in [-0.15, -0.1) is 0 Å². The summed E-state index contributed by atoms with van der Waals surface area (Å²) in [4.78, 5) is 20.6. The maximum atomic E-state index is 14.4. The molecule has 162 valence electrons. The molecule has 10 heteroatoms. The third-order valence-electron chi connectivity index (χ3n) is 4.76. The lowest BCUT2D eigenvalue weighted by Crippen LogP contribution is -2.41. The van der Waals surface area contributed by atoms with E-state index >= 15 is 0 Å². The smallest absolute Gasteiger partial charge is 0.407 e. The van der Waals surface area contributed by atoms with Crippen molar-refractivity contribution in [1.29, 1.82) is 0 Å². The molecule has 30 heavy (non-hydrogen) atoms. The van der Waals surface area contributed by atoms with Crippen molar-refractivity contribution in [3.05, 3.63) is 35.7 Å². The zero-order valence-electron chi connectivity index (χ0n) is 16.8. The molecule has 0 aliphatic carbocycles. The predicted octanol–water partition coefficient (Wildman–Crippen LogP) is 4.12. The van der Waals surface area contributed by atoms with Crippen molar-refractivity contribution in [2.75, 3.05) is 25.0 Å². The highest BCUT2D eigenvalue weighted by atomic mass is 19.1. The van der Waals surface area contributed by atoms with Crippen molar-refractivity contribution in [3.8, 4) is 11.6 Å². The topological polar surface area (TPSA) is 96.8 Å². The molecule has 2 N–H and O–H groups in total. The molecule has 1 aromatic heterocycles. The second kappa shape index (κ2) is 9.55. The Morgan fingerprint density at radius 1 is 1.27 bits per heavy atom. The average molecular weight is 422 g/mol. The minimum atomic E-state index is -0.946. The van der Waals surface area contributed by atoms with Crippen molar-refractivity contribution in [3.63, 3.8) is 0 Å². The molecule has 1 fully saturated rings. The predicted molar refractivity (Wildman–Crippen MR) is 105 cm³/mol. The van der Waals surface area contributed by atoms with E-state index in [1.165, 1.54) is 11.2 Å². The van der Waals surface area contributed by atoms with Crippen molar-refractivity contribution in [1.82, 2.24) is 14.9 Å². The average Bonchev–Trinajstić information content (AvgIpc) is 2.72. The Balaban J connectivity index is 1.71. The van der Waals surface area contributed by atoms with Crippen LogP contribution in [0.2, 0.25) is 0 Å². The van der Waals surface area contributed by atoms with Crippen LogP contribution in [0, 0.1) is 18.6 Å². The highest BCUT2D eigenvalue weighted by Crippen LogP contribution is 2.30. The number of rotatable bonds is 7. The number of halogens is 2. The minimum absolute atomic E-state index is 0.0844. The van der Waals surface area contributed by atoms with Crippen LogP contribution in [0.4, 0.5) is 25.1 Å². The Kier molecular flexibility index (Phi) is 6.86. The van der Waals surface area contributed by atoms with Crippen molar-refractivity contribution >= 4 is 17.6 Å². The molecule has 1 aliphatic heterocycles. The molecule has 1 amide bonds. The number of carbonyl (C=O) groups is 1. The quantitative estimate of drug-likeness (QED) is 0.693. The lowest BCUT2D eigenvalue weighted by Gasteiger charge is -2.30. The molecular formula is C20H24F2N4O4. The summed E-state index contributed by atoms with van der Waals surface area (Å²) in [5, 5.41) is 11.8. The number of piperidine rings is 1. The number of ether oxygens (including phenoxy) is 2. The first-order valence-corrected chi connectivity index (χ1v) is 9.74. The summed E-state index contributed by atoms with van der Waals surface area (Å²) in [6.45, 7) is 4.63. The van der Waals surface area contributed by atoms with E-state index in [9.17, 15) is 13.6 Å². The first kappa shape index (κ1) is 21.5. The fourth-order valence-corrected chi connectivity index (χ4v) is 3.08. The second-order valence-corrected chi connectivity index (χ2v) is 6.98. The largest absolute Gasteiger partial charge is 0.490 e. The Morgan fingerprint density at radius 2 is 2.00 bits per heavy atom. The number of hydrogen-bond acceptors (Lipinski definition) is 6. The van der Waals surface area contributed by atoms with Crippen LogP contribution in [0.15, 0.2) is 18.5 Å². The Labute approximate surface area is 172 Å². The molecule has 0 saturated carbocycles. The molecule has 0 atom stereocenters. The lowest BCUT2D eigenvalue weighted by atomic mass is 10.1. The van der Waals surface area contributed by atoms with E-state index in [4.69, 9.17) is 14.6 Å². The molecule has 0 spiro atoms.